The highest BCUT2D eigenvalue weighted by Gasteiger charge is 2.17. The van der Waals surface area contributed by atoms with Crippen LogP contribution in [0, 0.1) is 6.92 Å². The Balaban J connectivity index is 2.19. The van der Waals surface area contributed by atoms with Gasteiger partial charge in [-0.05, 0) is 48.6 Å². The van der Waals surface area contributed by atoms with Crippen LogP contribution in [0.5, 0.6) is 0 Å². The van der Waals surface area contributed by atoms with E-state index < -0.39 is 0 Å². The first kappa shape index (κ1) is 11.7. The SMILES string of the molecule is CC1=Cc2c(-c3ccc(C)cc3)ccc(Br)c2C1. The number of benzene rings is 2. The maximum atomic E-state index is 3.66. The Hall–Kier alpha value is -1.34. The highest BCUT2D eigenvalue weighted by atomic mass is 79.9. The Morgan fingerprint density at radius 3 is 2.39 bits per heavy atom. The van der Waals surface area contributed by atoms with Crippen molar-refractivity contribution in [2.45, 2.75) is 20.3 Å². The van der Waals surface area contributed by atoms with Gasteiger partial charge in [0.25, 0.3) is 0 Å². The monoisotopic (exact) mass is 298 g/mol. The van der Waals surface area contributed by atoms with E-state index in [1.165, 1.54) is 37.9 Å². The molecule has 0 saturated carbocycles. The number of hydrogen-bond donors (Lipinski definition) is 0. The van der Waals surface area contributed by atoms with Crippen LogP contribution in [-0.2, 0) is 6.42 Å². The lowest BCUT2D eigenvalue weighted by Crippen LogP contribution is -1.89. The largest absolute Gasteiger partial charge is 0.0682 e. The van der Waals surface area contributed by atoms with Gasteiger partial charge in [-0.3, -0.25) is 0 Å². The van der Waals surface area contributed by atoms with Gasteiger partial charge in [-0.1, -0.05) is 63.5 Å². The van der Waals surface area contributed by atoms with Crippen LogP contribution in [0.1, 0.15) is 23.6 Å². The summed E-state index contributed by atoms with van der Waals surface area (Å²) >= 11 is 3.66. The topological polar surface area (TPSA) is 0 Å². The highest BCUT2D eigenvalue weighted by Crippen LogP contribution is 2.37. The normalized spacial score (nSPS) is 13.4. The molecule has 0 bridgehead atoms. The van der Waals surface area contributed by atoms with Crippen LogP contribution in [0.15, 0.2) is 46.4 Å². The van der Waals surface area contributed by atoms with E-state index in [0.29, 0.717) is 0 Å². The smallest absolute Gasteiger partial charge is 0.0216 e. The maximum Gasteiger partial charge on any atom is 0.0216 e. The minimum absolute atomic E-state index is 1.07. The van der Waals surface area contributed by atoms with Gasteiger partial charge >= 0.3 is 0 Å². The number of allylic oxidation sites excluding steroid dienone is 1. The molecular weight excluding hydrogens is 284 g/mol. The second-order valence-electron chi connectivity index (χ2n) is 5.02. The molecule has 0 spiro atoms. The predicted molar refractivity (Wildman–Crippen MR) is 81.7 cm³/mol. The minimum Gasteiger partial charge on any atom is -0.0682 e. The molecule has 1 aliphatic rings. The Bertz CT molecular complexity index is 633. The summed E-state index contributed by atoms with van der Waals surface area (Å²) in [4.78, 5) is 0. The second kappa shape index (κ2) is 4.40. The lowest BCUT2D eigenvalue weighted by Gasteiger charge is -2.10. The lowest BCUT2D eigenvalue weighted by atomic mass is 9.96. The van der Waals surface area contributed by atoms with Gasteiger partial charge in [-0.2, -0.15) is 0 Å². The van der Waals surface area contributed by atoms with E-state index in [0.717, 1.165) is 6.42 Å². The Morgan fingerprint density at radius 1 is 0.944 bits per heavy atom. The third kappa shape index (κ3) is 1.93. The van der Waals surface area contributed by atoms with Crippen molar-refractivity contribution in [3.05, 3.63) is 63.1 Å². The summed E-state index contributed by atoms with van der Waals surface area (Å²) in [5, 5.41) is 0. The van der Waals surface area contributed by atoms with Gasteiger partial charge in [0, 0.05) is 4.47 Å². The second-order valence-corrected chi connectivity index (χ2v) is 5.88. The van der Waals surface area contributed by atoms with Gasteiger partial charge in [0.05, 0.1) is 0 Å². The summed E-state index contributed by atoms with van der Waals surface area (Å²) in [5.74, 6) is 0. The number of halogens is 1. The summed E-state index contributed by atoms with van der Waals surface area (Å²) in [7, 11) is 0. The summed E-state index contributed by atoms with van der Waals surface area (Å²) in [6.07, 6.45) is 3.38. The molecule has 0 unspecified atom stereocenters. The number of aryl methyl sites for hydroxylation is 1. The van der Waals surface area contributed by atoms with Crippen LogP contribution in [0.25, 0.3) is 17.2 Å². The summed E-state index contributed by atoms with van der Waals surface area (Å²) in [6.45, 7) is 4.32. The van der Waals surface area contributed by atoms with E-state index in [4.69, 9.17) is 0 Å². The summed E-state index contributed by atoms with van der Waals surface area (Å²) in [5.41, 5.74) is 8.18. The van der Waals surface area contributed by atoms with Crippen LogP contribution in [-0.4, -0.2) is 0 Å². The van der Waals surface area contributed by atoms with Gasteiger partial charge in [0.1, 0.15) is 0 Å². The zero-order chi connectivity index (χ0) is 12.7. The standard InChI is InChI=1S/C17H15Br/c1-11-3-5-13(6-4-11)14-7-8-17(18)16-10-12(2)9-15(14)16/h3-9H,10H2,1-2H3. The summed E-state index contributed by atoms with van der Waals surface area (Å²) in [6, 6.07) is 13.1. The van der Waals surface area contributed by atoms with Crippen molar-refractivity contribution in [2.75, 3.05) is 0 Å². The van der Waals surface area contributed by atoms with Gasteiger partial charge in [0.15, 0.2) is 0 Å². The molecule has 0 aliphatic heterocycles. The van der Waals surface area contributed by atoms with E-state index in [9.17, 15) is 0 Å². The summed E-state index contributed by atoms with van der Waals surface area (Å²) < 4.78 is 1.22. The van der Waals surface area contributed by atoms with Gasteiger partial charge in [0.2, 0.25) is 0 Å². The fraction of sp³-hybridized carbons (Fsp3) is 0.176. The van der Waals surface area contributed by atoms with Crippen molar-refractivity contribution in [1.29, 1.82) is 0 Å². The quantitative estimate of drug-likeness (QED) is 0.663. The fourth-order valence-corrected chi connectivity index (χ4v) is 3.03. The van der Waals surface area contributed by atoms with Gasteiger partial charge < -0.3 is 0 Å². The van der Waals surface area contributed by atoms with Crippen molar-refractivity contribution in [1.82, 2.24) is 0 Å². The van der Waals surface area contributed by atoms with Crippen molar-refractivity contribution < 1.29 is 0 Å². The first-order valence-corrected chi connectivity index (χ1v) is 7.00. The molecule has 0 amide bonds. The van der Waals surface area contributed by atoms with E-state index in [1.807, 2.05) is 0 Å². The Labute approximate surface area is 116 Å². The molecule has 3 rings (SSSR count). The van der Waals surface area contributed by atoms with Crippen molar-refractivity contribution >= 4 is 22.0 Å². The van der Waals surface area contributed by atoms with Crippen LogP contribution in [0.3, 0.4) is 0 Å². The Morgan fingerprint density at radius 2 is 1.67 bits per heavy atom. The maximum absolute atomic E-state index is 3.66. The molecule has 18 heavy (non-hydrogen) atoms. The molecule has 0 nitrogen and oxygen atoms in total. The average Bonchev–Trinajstić information content (AvgIpc) is 2.74. The zero-order valence-corrected chi connectivity index (χ0v) is 12.2. The zero-order valence-electron chi connectivity index (χ0n) is 10.6. The van der Waals surface area contributed by atoms with E-state index in [2.05, 4.69) is 72.3 Å². The lowest BCUT2D eigenvalue weighted by molar-refractivity contribution is 1.18. The Kier molecular flexibility index (Phi) is 2.87. The molecule has 90 valence electrons. The van der Waals surface area contributed by atoms with Crippen molar-refractivity contribution in [2.24, 2.45) is 0 Å². The predicted octanol–water partition coefficient (Wildman–Crippen LogP) is 5.38. The minimum atomic E-state index is 1.07. The molecule has 2 aromatic rings. The molecule has 0 fully saturated rings. The molecule has 1 aliphatic carbocycles. The number of hydrogen-bond acceptors (Lipinski definition) is 0. The molecule has 0 heterocycles. The third-order valence-corrected chi connectivity index (χ3v) is 4.25. The first-order valence-electron chi connectivity index (χ1n) is 6.21. The van der Waals surface area contributed by atoms with Crippen LogP contribution < -0.4 is 0 Å². The highest BCUT2D eigenvalue weighted by molar-refractivity contribution is 9.10. The van der Waals surface area contributed by atoms with Crippen molar-refractivity contribution in [3.63, 3.8) is 0 Å². The molecule has 0 saturated heterocycles. The van der Waals surface area contributed by atoms with Crippen LogP contribution in [0.4, 0.5) is 0 Å². The first-order chi connectivity index (χ1) is 8.65. The van der Waals surface area contributed by atoms with Gasteiger partial charge in [-0.25, -0.2) is 0 Å². The number of fused-ring (bicyclic) bond motifs is 1. The van der Waals surface area contributed by atoms with E-state index in [1.54, 1.807) is 0 Å². The third-order valence-electron chi connectivity index (χ3n) is 3.51. The molecule has 2 aromatic carbocycles. The molecule has 0 N–H and O–H groups in total. The van der Waals surface area contributed by atoms with Crippen molar-refractivity contribution in [3.8, 4) is 11.1 Å². The molecule has 0 aromatic heterocycles. The molecular formula is C17H15Br. The van der Waals surface area contributed by atoms with E-state index in [-0.39, 0.29) is 0 Å². The van der Waals surface area contributed by atoms with Crippen LogP contribution >= 0.6 is 15.9 Å². The van der Waals surface area contributed by atoms with Gasteiger partial charge in [-0.15, -0.1) is 0 Å². The molecule has 0 radical (unpaired) electrons. The molecule has 0 atom stereocenters. The molecule has 1 heteroatoms. The van der Waals surface area contributed by atoms with Crippen LogP contribution in [0.2, 0.25) is 0 Å². The average molecular weight is 299 g/mol. The number of rotatable bonds is 1. The fourth-order valence-electron chi connectivity index (χ4n) is 2.54. The van der Waals surface area contributed by atoms with E-state index >= 15 is 0 Å².